The summed E-state index contributed by atoms with van der Waals surface area (Å²) in [5.41, 5.74) is -0.111. The smallest absolute Gasteiger partial charge is 0.311 e. The van der Waals surface area contributed by atoms with Crippen molar-refractivity contribution in [1.29, 1.82) is 0 Å². The van der Waals surface area contributed by atoms with Crippen LogP contribution in [0, 0.1) is 10.1 Å². The van der Waals surface area contributed by atoms with Crippen LogP contribution < -0.4 is 0 Å². The molecule has 0 amide bonds. The zero-order chi connectivity index (χ0) is 10.0. The predicted octanol–water partition coefficient (Wildman–Crippen LogP) is 1.84. The highest BCUT2D eigenvalue weighted by molar-refractivity contribution is 7.10. The molecule has 0 spiro atoms. The molecule has 0 bridgehead atoms. The van der Waals surface area contributed by atoms with Gasteiger partial charge in [-0.15, -0.1) is 11.3 Å². The Morgan fingerprint density at radius 2 is 2.38 bits per heavy atom. The second-order valence-corrected chi connectivity index (χ2v) is 3.43. The van der Waals surface area contributed by atoms with Gasteiger partial charge in [0.2, 0.25) is 0 Å². The summed E-state index contributed by atoms with van der Waals surface area (Å²) in [5.74, 6) is -1.87. The Morgan fingerprint density at radius 3 is 2.85 bits per heavy atom. The SMILES string of the molecule is CC(C(=O)O)c1sccc1[N+](=O)[O-]. The molecule has 0 aliphatic carbocycles. The van der Waals surface area contributed by atoms with Crippen molar-refractivity contribution in [1.82, 2.24) is 0 Å². The molecule has 0 radical (unpaired) electrons. The summed E-state index contributed by atoms with van der Waals surface area (Å²) in [7, 11) is 0. The van der Waals surface area contributed by atoms with Crippen LogP contribution in [0.5, 0.6) is 0 Å². The van der Waals surface area contributed by atoms with Gasteiger partial charge >= 0.3 is 5.97 Å². The quantitative estimate of drug-likeness (QED) is 0.597. The number of hydrogen-bond donors (Lipinski definition) is 1. The first-order valence-electron chi connectivity index (χ1n) is 3.48. The van der Waals surface area contributed by atoms with E-state index in [1.54, 1.807) is 0 Å². The van der Waals surface area contributed by atoms with E-state index in [4.69, 9.17) is 5.11 Å². The third kappa shape index (κ3) is 1.83. The fourth-order valence-corrected chi connectivity index (χ4v) is 1.81. The second-order valence-electron chi connectivity index (χ2n) is 2.49. The van der Waals surface area contributed by atoms with E-state index < -0.39 is 16.8 Å². The Bertz CT molecular complexity index is 346. The molecule has 1 aromatic heterocycles. The third-order valence-corrected chi connectivity index (χ3v) is 2.72. The minimum atomic E-state index is -1.05. The van der Waals surface area contributed by atoms with Crippen LogP contribution in [0.25, 0.3) is 0 Å². The number of aliphatic carboxylic acids is 1. The standard InChI is InChI=1S/C7H7NO4S/c1-4(7(9)10)6-5(8(11)12)2-3-13-6/h2-4H,1H3,(H,9,10). The lowest BCUT2D eigenvalue weighted by atomic mass is 10.1. The molecular weight excluding hydrogens is 194 g/mol. The van der Waals surface area contributed by atoms with Crippen LogP contribution in [-0.4, -0.2) is 16.0 Å². The van der Waals surface area contributed by atoms with Crippen LogP contribution in [0.4, 0.5) is 5.69 Å². The number of nitrogens with zero attached hydrogens (tertiary/aromatic N) is 1. The maximum atomic E-state index is 10.6. The van der Waals surface area contributed by atoms with Crippen LogP contribution in [0.15, 0.2) is 11.4 Å². The van der Waals surface area contributed by atoms with Gasteiger partial charge in [-0.1, -0.05) is 0 Å². The Balaban J connectivity index is 3.07. The third-order valence-electron chi connectivity index (χ3n) is 1.63. The number of thiophene rings is 1. The first-order chi connectivity index (χ1) is 6.04. The number of carboxylic acid groups (broad SMARTS) is 1. The lowest BCUT2D eigenvalue weighted by molar-refractivity contribution is -0.385. The zero-order valence-electron chi connectivity index (χ0n) is 6.76. The van der Waals surface area contributed by atoms with Gasteiger partial charge in [-0.2, -0.15) is 0 Å². The molecule has 0 saturated heterocycles. The lowest BCUT2D eigenvalue weighted by Crippen LogP contribution is -2.07. The fourth-order valence-electron chi connectivity index (χ4n) is 0.901. The fraction of sp³-hybridized carbons (Fsp3) is 0.286. The normalized spacial score (nSPS) is 12.4. The van der Waals surface area contributed by atoms with Crippen LogP contribution in [0.1, 0.15) is 17.7 Å². The molecular formula is C7H7NO4S. The van der Waals surface area contributed by atoms with E-state index in [0.717, 1.165) is 11.3 Å². The van der Waals surface area contributed by atoms with Gasteiger partial charge in [-0.3, -0.25) is 14.9 Å². The van der Waals surface area contributed by atoms with Crippen molar-refractivity contribution in [3.8, 4) is 0 Å². The predicted molar refractivity (Wildman–Crippen MR) is 47.0 cm³/mol. The number of hydrogen-bond acceptors (Lipinski definition) is 4. The molecule has 1 N–H and O–H groups in total. The van der Waals surface area contributed by atoms with Crippen LogP contribution in [0.2, 0.25) is 0 Å². The number of rotatable bonds is 3. The molecule has 1 heterocycles. The average Bonchev–Trinajstić information content (AvgIpc) is 2.50. The first-order valence-corrected chi connectivity index (χ1v) is 4.36. The summed E-state index contributed by atoms with van der Waals surface area (Å²) >= 11 is 1.09. The maximum Gasteiger partial charge on any atom is 0.311 e. The Morgan fingerprint density at radius 1 is 1.77 bits per heavy atom. The monoisotopic (exact) mass is 201 g/mol. The van der Waals surface area contributed by atoms with Gasteiger partial charge in [0.05, 0.1) is 15.7 Å². The highest BCUT2D eigenvalue weighted by atomic mass is 32.1. The Kier molecular flexibility index (Phi) is 2.62. The molecule has 0 aromatic carbocycles. The van der Waals surface area contributed by atoms with Gasteiger partial charge < -0.3 is 5.11 Å². The van der Waals surface area contributed by atoms with E-state index in [1.807, 2.05) is 0 Å². The highest BCUT2D eigenvalue weighted by Gasteiger charge is 2.24. The largest absolute Gasteiger partial charge is 0.481 e. The van der Waals surface area contributed by atoms with E-state index in [0.29, 0.717) is 0 Å². The van der Waals surface area contributed by atoms with Crippen LogP contribution >= 0.6 is 11.3 Å². The van der Waals surface area contributed by atoms with Gasteiger partial charge in [-0.05, 0) is 12.3 Å². The van der Waals surface area contributed by atoms with Crippen molar-refractivity contribution in [2.45, 2.75) is 12.8 Å². The molecule has 1 aromatic rings. The van der Waals surface area contributed by atoms with Crippen molar-refractivity contribution in [2.75, 3.05) is 0 Å². The molecule has 1 atom stereocenters. The van der Waals surface area contributed by atoms with Crippen LogP contribution in [-0.2, 0) is 4.79 Å². The van der Waals surface area contributed by atoms with Crippen molar-refractivity contribution < 1.29 is 14.8 Å². The number of carbonyl (C=O) groups is 1. The van der Waals surface area contributed by atoms with Crippen molar-refractivity contribution in [3.05, 3.63) is 26.4 Å². The highest BCUT2D eigenvalue weighted by Crippen LogP contribution is 2.31. The molecule has 13 heavy (non-hydrogen) atoms. The van der Waals surface area contributed by atoms with Gasteiger partial charge in [0.15, 0.2) is 0 Å². The number of nitro groups is 1. The molecule has 0 aliphatic heterocycles. The topological polar surface area (TPSA) is 80.4 Å². The summed E-state index contributed by atoms with van der Waals surface area (Å²) in [6.07, 6.45) is 0. The van der Waals surface area contributed by atoms with Crippen LogP contribution in [0.3, 0.4) is 0 Å². The molecule has 0 saturated carbocycles. The van der Waals surface area contributed by atoms with Crippen molar-refractivity contribution in [2.24, 2.45) is 0 Å². The van der Waals surface area contributed by atoms with E-state index in [1.165, 1.54) is 18.4 Å². The Hall–Kier alpha value is -1.43. The molecule has 1 unspecified atom stereocenters. The summed E-state index contributed by atoms with van der Waals surface area (Å²) in [6.45, 7) is 1.43. The average molecular weight is 201 g/mol. The molecule has 70 valence electrons. The zero-order valence-corrected chi connectivity index (χ0v) is 7.58. The summed E-state index contributed by atoms with van der Waals surface area (Å²) in [6, 6.07) is 1.32. The molecule has 5 nitrogen and oxygen atoms in total. The van der Waals surface area contributed by atoms with Gasteiger partial charge in [0, 0.05) is 6.07 Å². The van der Waals surface area contributed by atoms with Gasteiger partial charge in [0.25, 0.3) is 5.69 Å². The first kappa shape index (κ1) is 9.66. The molecule has 0 fully saturated rings. The van der Waals surface area contributed by atoms with Crippen molar-refractivity contribution >= 4 is 23.0 Å². The van der Waals surface area contributed by atoms with E-state index in [2.05, 4.69) is 0 Å². The number of carboxylic acids is 1. The minimum Gasteiger partial charge on any atom is -0.481 e. The molecule has 0 aliphatic rings. The summed E-state index contributed by atoms with van der Waals surface area (Å²) < 4.78 is 0. The van der Waals surface area contributed by atoms with E-state index in [-0.39, 0.29) is 10.6 Å². The van der Waals surface area contributed by atoms with E-state index >= 15 is 0 Å². The van der Waals surface area contributed by atoms with Crippen molar-refractivity contribution in [3.63, 3.8) is 0 Å². The second kappa shape index (κ2) is 3.53. The molecule has 6 heteroatoms. The Labute approximate surface area is 77.8 Å². The van der Waals surface area contributed by atoms with Gasteiger partial charge in [-0.25, -0.2) is 0 Å². The van der Waals surface area contributed by atoms with Gasteiger partial charge in [0.1, 0.15) is 0 Å². The van der Waals surface area contributed by atoms with E-state index in [9.17, 15) is 14.9 Å². The minimum absolute atomic E-state index is 0.111. The maximum absolute atomic E-state index is 10.6. The lowest BCUT2D eigenvalue weighted by Gasteiger charge is -2.01. The summed E-state index contributed by atoms with van der Waals surface area (Å²) in [4.78, 5) is 20.7. The summed E-state index contributed by atoms with van der Waals surface area (Å²) in [5, 5.41) is 20.6. The molecule has 1 rings (SSSR count).